The van der Waals surface area contributed by atoms with Crippen LogP contribution >= 0.6 is 34.7 Å². The molecule has 1 nitrogen and oxygen atoms in total. The third kappa shape index (κ3) is 4.72. The number of hydrogen-bond donors (Lipinski definition) is 1. The third-order valence-electron chi connectivity index (χ3n) is 2.24. The van der Waals surface area contributed by atoms with Crippen LogP contribution in [0.1, 0.15) is 4.88 Å². The Bertz CT molecular complexity index is 425. The smallest absolute Gasteiger partial charge is 0.0406 e. The summed E-state index contributed by atoms with van der Waals surface area (Å²) in [4.78, 5) is 2.66. The Kier molecular flexibility index (Phi) is 5.39. The normalized spacial score (nSPS) is 10.6. The fraction of sp³-hybridized carbons (Fsp3) is 0.231. The van der Waals surface area contributed by atoms with Crippen LogP contribution in [0.4, 0.5) is 0 Å². The van der Waals surface area contributed by atoms with E-state index in [-0.39, 0.29) is 0 Å². The van der Waals surface area contributed by atoms with E-state index >= 15 is 0 Å². The van der Waals surface area contributed by atoms with Gasteiger partial charge in [0.05, 0.1) is 0 Å². The van der Waals surface area contributed by atoms with E-state index in [9.17, 15) is 0 Å². The Morgan fingerprint density at radius 3 is 2.71 bits per heavy atom. The van der Waals surface area contributed by atoms with E-state index in [2.05, 4.69) is 35.0 Å². The second-order valence-corrected chi connectivity index (χ2v) is 6.20. The van der Waals surface area contributed by atoms with Gasteiger partial charge in [0.15, 0.2) is 0 Å². The molecule has 2 rings (SSSR count). The molecule has 4 heteroatoms. The van der Waals surface area contributed by atoms with Crippen LogP contribution in [0, 0.1) is 0 Å². The fourth-order valence-corrected chi connectivity index (χ4v) is 3.01. The average molecular weight is 284 g/mol. The van der Waals surface area contributed by atoms with Gasteiger partial charge >= 0.3 is 0 Å². The molecule has 0 saturated carbocycles. The molecule has 90 valence electrons. The monoisotopic (exact) mass is 283 g/mol. The van der Waals surface area contributed by atoms with E-state index in [0.717, 1.165) is 23.9 Å². The van der Waals surface area contributed by atoms with Crippen molar-refractivity contribution in [1.82, 2.24) is 5.32 Å². The first-order chi connectivity index (χ1) is 8.34. The lowest BCUT2D eigenvalue weighted by Crippen LogP contribution is -2.15. The molecule has 2 aromatic rings. The van der Waals surface area contributed by atoms with E-state index in [4.69, 9.17) is 11.6 Å². The van der Waals surface area contributed by atoms with Crippen LogP contribution in [0.15, 0.2) is 46.7 Å². The van der Waals surface area contributed by atoms with Crippen molar-refractivity contribution in [2.24, 2.45) is 0 Å². The molecule has 0 atom stereocenters. The summed E-state index contributed by atoms with van der Waals surface area (Å²) in [7, 11) is 0. The third-order valence-corrected chi connectivity index (χ3v) is 4.38. The number of thioether (sulfide) groups is 1. The molecule has 0 saturated heterocycles. The molecule has 0 aliphatic heterocycles. The van der Waals surface area contributed by atoms with E-state index in [1.54, 1.807) is 11.3 Å². The quantitative estimate of drug-likeness (QED) is 0.627. The fourth-order valence-electron chi connectivity index (χ4n) is 1.40. The number of nitrogens with one attached hydrogen (secondary N) is 1. The molecule has 0 aliphatic rings. The first-order valence-electron chi connectivity index (χ1n) is 5.46. The molecule has 1 aromatic carbocycles. The van der Waals surface area contributed by atoms with Crippen LogP contribution in [0.2, 0.25) is 5.02 Å². The van der Waals surface area contributed by atoms with Crippen LogP contribution < -0.4 is 5.32 Å². The van der Waals surface area contributed by atoms with Crippen LogP contribution in [-0.4, -0.2) is 12.3 Å². The van der Waals surface area contributed by atoms with E-state index in [0.29, 0.717) is 0 Å². The van der Waals surface area contributed by atoms with Gasteiger partial charge in [-0.3, -0.25) is 0 Å². The molecular weight excluding hydrogens is 270 g/mol. The summed E-state index contributed by atoms with van der Waals surface area (Å²) >= 11 is 9.48. The molecule has 1 heterocycles. The summed E-state index contributed by atoms with van der Waals surface area (Å²) in [6.07, 6.45) is 0. The Morgan fingerprint density at radius 1 is 1.18 bits per heavy atom. The number of rotatable bonds is 6. The Morgan fingerprint density at radius 2 is 2.00 bits per heavy atom. The van der Waals surface area contributed by atoms with Gasteiger partial charge in [0.25, 0.3) is 0 Å². The van der Waals surface area contributed by atoms with Gasteiger partial charge in [-0.25, -0.2) is 0 Å². The minimum atomic E-state index is 0.796. The predicted octanol–water partition coefficient (Wildman–Crippen LogP) is 4.28. The van der Waals surface area contributed by atoms with Gasteiger partial charge in [0.1, 0.15) is 0 Å². The van der Waals surface area contributed by atoms with Crippen LogP contribution in [0.5, 0.6) is 0 Å². The van der Waals surface area contributed by atoms with Gasteiger partial charge < -0.3 is 5.32 Å². The Hall–Kier alpha value is -0.480. The average Bonchev–Trinajstić information content (AvgIpc) is 2.84. The second kappa shape index (κ2) is 7.07. The van der Waals surface area contributed by atoms with Gasteiger partial charge in [-0.1, -0.05) is 17.7 Å². The zero-order chi connectivity index (χ0) is 11.9. The van der Waals surface area contributed by atoms with Crippen molar-refractivity contribution in [1.29, 1.82) is 0 Å². The summed E-state index contributed by atoms with van der Waals surface area (Å²) in [6.45, 7) is 1.99. The number of halogens is 1. The maximum Gasteiger partial charge on any atom is 0.0406 e. The molecular formula is C13H14ClNS2. The summed E-state index contributed by atoms with van der Waals surface area (Å²) in [5.74, 6) is 1.08. The standard InChI is InChI=1S/C13H14ClNS2/c14-11-3-5-12(6-4-11)17-9-7-15-10-13-2-1-8-16-13/h1-6,8,15H,7,9-10H2. The maximum atomic E-state index is 5.83. The van der Waals surface area contributed by atoms with Crippen LogP contribution in [0.3, 0.4) is 0 Å². The number of thiophene rings is 1. The molecule has 0 radical (unpaired) electrons. The van der Waals surface area contributed by atoms with E-state index in [1.807, 2.05) is 23.9 Å². The first-order valence-corrected chi connectivity index (χ1v) is 7.70. The molecule has 17 heavy (non-hydrogen) atoms. The Labute approximate surface area is 115 Å². The molecule has 0 aliphatic carbocycles. The van der Waals surface area contributed by atoms with Crippen molar-refractivity contribution >= 4 is 34.7 Å². The van der Waals surface area contributed by atoms with Crippen LogP contribution in [-0.2, 0) is 6.54 Å². The lowest BCUT2D eigenvalue weighted by molar-refractivity contribution is 0.741. The van der Waals surface area contributed by atoms with Gasteiger partial charge in [0.2, 0.25) is 0 Å². The van der Waals surface area contributed by atoms with Gasteiger partial charge in [-0.15, -0.1) is 23.1 Å². The summed E-state index contributed by atoms with van der Waals surface area (Å²) in [5.41, 5.74) is 0. The highest BCUT2D eigenvalue weighted by atomic mass is 35.5. The lowest BCUT2D eigenvalue weighted by atomic mass is 10.4. The number of benzene rings is 1. The minimum absolute atomic E-state index is 0.796. The van der Waals surface area contributed by atoms with Crippen molar-refractivity contribution in [2.75, 3.05) is 12.3 Å². The molecule has 0 fully saturated rings. The topological polar surface area (TPSA) is 12.0 Å². The Balaban J connectivity index is 1.61. The predicted molar refractivity (Wildman–Crippen MR) is 78.2 cm³/mol. The number of hydrogen-bond acceptors (Lipinski definition) is 3. The van der Waals surface area contributed by atoms with E-state index in [1.165, 1.54) is 9.77 Å². The van der Waals surface area contributed by atoms with Gasteiger partial charge in [-0.05, 0) is 35.7 Å². The molecule has 1 N–H and O–H groups in total. The minimum Gasteiger partial charge on any atom is -0.311 e. The van der Waals surface area contributed by atoms with Crippen LogP contribution in [0.25, 0.3) is 0 Å². The zero-order valence-corrected chi connectivity index (χ0v) is 11.7. The second-order valence-electron chi connectivity index (χ2n) is 3.56. The first kappa shape index (κ1) is 13.0. The molecule has 1 aromatic heterocycles. The summed E-state index contributed by atoms with van der Waals surface area (Å²) in [5, 5.41) is 6.34. The largest absolute Gasteiger partial charge is 0.311 e. The van der Waals surface area contributed by atoms with Crippen molar-refractivity contribution in [3.8, 4) is 0 Å². The molecule has 0 bridgehead atoms. The maximum absolute atomic E-state index is 5.83. The molecule has 0 spiro atoms. The van der Waals surface area contributed by atoms with Gasteiger partial charge in [-0.2, -0.15) is 0 Å². The molecule has 0 unspecified atom stereocenters. The highest BCUT2D eigenvalue weighted by Crippen LogP contribution is 2.19. The van der Waals surface area contributed by atoms with Gasteiger partial charge in [0, 0.05) is 33.6 Å². The zero-order valence-electron chi connectivity index (χ0n) is 9.36. The van der Waals surface area contributed by atoms with Crippen molar-refractivity contribution in [3.05, 3.63) is 51.7 Å². The SMILES string of the molecule is Clc1ccc(SCCNCc2cccs2)cc1. The van der Waals surface area contributed by atoms with Crippen molar-refractivity contribution in [3.63, 3.8) is 0 Å². The molecule has 0 amide bonds. The summed E-state index contributed by atoms with van der Waals surface area (Å²) < 4.78 is 0. The summed E-state index contributed by atoms with van der Waals surface area (Å²) in [6, 6.07) is 12.2. The highest BCUT2D eigenvalue weighted by molar-refractivity contribution is 7.99. The van der Waals surface area contributed by atoms with E-state index < -0.39 is 0 Å². The van der Waals surface area contributed by atoms with Crippen molar-refractivity contribution < 1.29 is 0 Å². The van der Waals surface area contributed by atoms with Crippen molar-refractivity contribution in [2.45, 2.75) is 11.4 Å². The lowest BCUT2D eigenvalue weighted by Gasteiger charge is -2.03. The highest BCUT2D eigenvalue weighted by Gasteiger charge is 1.95.